The molecule has 0 radical (unpaired) electrons. The molecule has 1 saturated carbocycles. The normalized spacial score (nSPS) is 15.9. The molecule has 204 valence electrons. The fourth-order valence-corrected chi connectivity index (χ4v) is 4.79. The molecule has 0 unspecified atom stereocenters. The topological polar surface area (TPSA) is 56.2 Å². The van der Waals surface area contributed by atoms with Crippen LogP contribution in [0.25, 0.3) is 17.1 Å². The van der Waals surface area contributed by atoms with Gasteiger partial charge in [0.05, 0.1) is 23.7 Å². The molecular formula is C26H24Cl2F5N3O2. The van der Waals surface area contributed by atoms with Gasteiger partial charge in [-0.2, -0.15) is 13.2 Å². The van der Waals surface area contributed by atoms with E-state index in [0.29, 0.717) is 27.8 Å². The van der Waals surface area contributed by atoms with Gasteiger partial charge in [0, 0.05) is 35.2 Å². The highest BCUT2D eigenvalue weighted by atomic mass is 35.5. The Balaban J connectivity index is 1.65. The molecule has 1 aliphatic carbocycles. The van der Waals surface area contributed by atoms with Gasteiger partial charge in [-0.3, -0.25) is 9.36 Å². The number of amides is 1. The van der Waals surface area contributed by atoms with E-state index in [9.17, 15) is 26.7 Å². The van der Waals surface area contributed by atoms with Crippen molar-refractivity contribution in [2.45, 2.75) is 57.2 Å². The number of benzene rings is 2. The quantitative estimate of drug-likeness (QED) is 0.292. The molecule has 1 N–H and O–H groups in total. The standard InChI is InChI=1S/C26H24Cl2F5N3O2/c1-15-22(24(37)34-17-8-10-25(29,30)11-9-17)35-23(20-7-2-16(27)14-21(20)28)36(15)18-3-5-19(6-4-18)38-13-12-26(31,32)33/h2-7,14,17H,8-13H2,1H3,(H,34,37). The first kappa shape index (κ1) is 28.2. The lowest BCUT2D eigenvalue weighted by Gasteiger charge is -2.28. The first-order valence-electron chi connectivity index (χ1n) is 11.9. The van der Waals surface area contributed by atoms with E-state index in [4.69, 9.17) is 27.9 Å². The molecule has 12 heteroatoms. The monoisotopic (exact) mass is 575 g/mol. The Kier molecular flexibility index (Phi) is 8.23. The van der Waals surface area contributed by atoms with E-state index < -0.39 is 37.1 Å². The number of hydrogen-bond acceptors (Lipinski definition) is 3. The Morgan fingerprint density at radius 3 is 2.39 bits per heavy atom. The number of carbonyl (C=O) groups excluding carboxylic acids is 1. The number of alkyl halides is 5. The Morgan fingerprint density at radius 1 is 1.13 bits per heavy atom. The zero-order valence-corrected chi connectivity index (χ0v) is 21.7. The highest BCUT2D eigenvalue weighted by Crippen LogP contribution is 2.35. The average Bonchev–Trinajstić information content (AvgIpc) is 3.17. The summed E-state index contributed by atoms with van der Waals surface area (Å²) in [6, 6.07) is 10.7. The molecular weight excluding hydrogens is 552 g/mol. The Hall–Kier alpha value is -2.85. The fourth-order valence-electron chi connectivity index (χ4n) is 4.30. The van der Waals surface area contributed by atoms with Crippen LogP contribution in [0.5, 0.6) is 5.75 Å². The van der Waals surface area contributed by atoms with Crippen LogP contribution in [-0.4, -0.2) is 40.2 Å². The molecule has 1 fully saturated rings. The number of imidazole rings is 1. The van der Waals surface area contributed by atoms with Crippen molar-refractivity contribution in [2.75, 3.05) is 6.61 Å². The van der Waals surface area contributed by atoms with E-state index in [1.54, 1.807) is 35.8 Å². The lowest BCUT2D eigenvalue weighted by atomic mass is 9.92. The molecule has 0 bridgehead atoms. The third-order valence-corrected chi connectivity index (χ3v) is 6.84. The third kappa shape index (κ3) is 6.77. The van der Waals surface area contributed by atoms with E-state index in [1.807, 2.05) is 0 Å². The van der Waals surface area contributed by atoms with Crippen molar-refractivity contribution in [2.24, 2.45) is 0 Å². The van der Waals surface area contributed by atoms with Gasteiger partial charge < -0.3 is 10.1 Å². The summed E-state index contributed by atoms with van der Waals surface area (Å²) in [4.78, 5) is 17.7. The molecule has 1 aromatic heterocycles. The van der Waals surface area contributed by atoms with Crippen LogP contribution in [0.2, 0.25) is 10.0 Å². The van der Waals surface area contributed by atoms with Crippen LogP contribution in [0.1, 0.15) is 48.3 Å². The highest BCUT2D eigenvalue weighted by molar-refractivity contribution is 6.36. The molecule has 1 heterocycles. The minimum Gasteiger partial charge on any atom is -0.493 e. The first-order valence-corrected chi connectivity index (χ1v) is 12.6. The van der Waals surface area contributed by atoms with Crippen LogP contribution in [0, 0.1) is 6.92 Å². The van der Waals surface area contributed by atoms with E-state index >= 15 is 0 Å². The van der Waals surface area contributed by atoms with Crippen molar-refractivity contribution in [3.63, 3.8) is 0 Å². The van der Waals surface area contributed by atoms with Crippen molar-refractivity contribution in [1.29, 1.82) is 0 Å². The van der Waals surface area contributed by atoms with Crippen molar-refractivity contribution in [3.8, 4) is 22.8 Å². The number of aromatic nitrogens is 2. The van der Waals surface area contributed by atoms with Gasteiger partial charge in [0.1, 0.15) is 17.3 Å². The maximum Gasteiger partial charge on any atom is 0.392 e. The van der Waals surface area contributed by atoms with Crippen LogP contribution in [0.15, 0.2) is 42.5 Å². The molecule has 1 amide bonds. The van der Waals surface area contributed by atoms with Crippen molar-refractivity contribution in [1.82, 2.24) is 14.9 Å². The van der Waals surface area contributed by atoms with Crippen LogP contribution in [-0.2, 0) is 0 Å². The second-order valence-electron chi connectivity index (χ2n) is 9.14. The van der Waals surface area contributed by atoms with Gasteiger partial charge in [0.25, 0.3) is 5.91 Å². The van der Waals surface area contributed by atoms with Gasteiger partial charge in [0.2, 0.25) is 5.92 Å². The second kappa shape index (κ2) is 11.1. The lowest BCUT2D eigenvalue weighted by molar-refractivity contribution is -0.139. The zero-order valence-electron chi connectivity index (χ0n) is 20.2. The summed E-state index contributed by atoms with van der Waals surface area (Å²) >= 11 is 12.5. The van der Waals surface area contributed by atoms with Gasteiger partial charge in [-0.25, -0.2) is 13.8 Å². The van der Waals surface area contributed by atoms with Crippen LogP contribution in [0.3, 0.4) is 0 Å². The minimum atomic E-state index is -4.32. The number of nitrogens with zero attached hydrogens (tertiary/aromatic N) is 2. The second-order valence-corrected chi connectivity index (χ2v) is 9.98. The fraction of sp³-hybridized carbons (Fsp3) is 0.385. The molecule has 38 heavy (non-hydrogen) atoms. The van der Waals surface area contributed by atoms with Crippen molar-refractivity contribution in [3.05, 3.63) is 63.9 Å². The highest BCUT2D eigenvalue weighted by Gasteiger charge is 2.36. The number of rotatable bonds is 7. The van der Waals surface area contributed by atoms with Crippen LogP contribution in [0.4, 0.5) is 22.0 Å². The Bertz CT molecular complexity index is 1300. The molecule has 4 rings (SSSR count). The van der Waals surface area contributed by atoms with Gasteiger partial charge >= 0.3 is 6.18 Å². The minimum absolute atomic E-state index is 0.0915. The molecule has 0 saturated heterocycles. The number of hydrogen-bond donors (Lipinski definition) is 1. The van der Waals surface area contributed by atoms with Crippen LogP contribution >= 0.6 is 23.2 Å². The third-order valence-electron chi connectivity index (χ3n) is 6.30. The zero-order chi connectivity index (χ0) is 27.7. The summed E-state index contributed by atoms with van der Waals surface area (Å²) in [6.07, 6.45) is -5.68. The number of nitrogens with one attached hydrogen (secondary N) is 1. The molecule has 0 spiro atoms. The van der Waals surface area contributed by atoms with Crippen molar-refractivity contribution >= 4 is 29.1 Å². The van der Waals surface area contributed by atoms with Crippen molar-refractivity contribution < 1.29 is 31.5 Å². The summed E-state index contributed by atoms with van der Waals surface area (Å²) in [5, 5.41) is 3.50. The Labute approximate surface area is 225 Å². The maximum atomic E-state index is 13.5. The number of halogens is 7. The van der Waals surface area contributed by atoms with Crippen LogP contribution < -0.4 is 10.1 Å². The molecule has 3 aromatic rings. The molecule has 1 aliphatic rings. The summed E-state index contributed by atoms with van der Waals surface area (Å²) in [5.74, 6) is -2.65. The summed E-state index contributed by atoms with van der Waals surface area (Å²) < 4.78 is 71.2. The lowest BCUT2D eigenvalue weighted by Crippen LogP contribution is -2.40. The Morgan fingerprint density at radius 2 is 1.79 bits per heavy atom. The summed E-state index contributed by atoms with van der Waals surface area (Å²) in [7, 11) is 0. The number of carbonyl (C=O) groups is 1. The van der Waals surface area contributed by atoms with Gasteiger partial charge in [0.15, 0.2) is 0 Å². The summed E-state index contributed by atoms with van der Waals surface area (Å²) in [6.45, 7) is 1.16. The molecule has 2 aromatic carbocycles. The number of ether oxygens (including phenoxy) is 1. The maximum absolute atomic E-state index is 13.5. The predicted molar refractivity (Wildman–Crippen MR) is 135 cm³/mol. The molecule has 0 aliphatic heterocycles. The predicted octanol–water partition coefficient (Wildman–Crippen LogP) is 7.79. The van der Waals surface area contributed by atoms with E-state index in [2.05, 4.69) is 10.3 Å². The largest absolute Gasteiger partial charge is 0.493 e. The first-order chi connectivity index (χ1) is 17.8. The van der Waals surface area contributed by atoms with E-state index in [0.717, 1.165) is 0 Å². The smallest absolute Gasteiger partial charge is 0.392 e. The molecule has 5 nitrogen and oxygen atoms in total. The van der Waals surface area contributed by atoms with Gasteiger partial charge in [-0.05, 0) is 62.2 Å². The average molecular weight is 576 g/mol. The van der Waals surface area contributed by atoms with Gasteiger partial charge in [-0.1, -0.05) is 23.2 Å². The molecule has 0 atom stereocenters. The van der Waals surface area contributed by atoms with E-state index in [-0.39, 0.29) is 42.1 Å². The van der Waals surface area contributed by atoms with Gasteiger partial charge in [-0.15, -0.1) is 0 Å². The van der Waals surface area contributed by atoms with E-state index in [1.165, 1.54) is 18.2 Å². The SMILES string of the molecule is Cc1c(C(=O)NC2CCC(F)(F)CC2)nc(-c2ccc(Cl)cc2Cl)n1-c1ccc(OCCC(F)(F)F)cc1. The summed E-state index contributed by atoms with van der Waals surface area (Å²) in [5.41, 5.74) is 1.58.